The Labute approximate surface area is 162 Å². The van der Waals surface area contributed by atoms with E-state index in [4.69, 9.17) is 9.47 Å². The molecule has 1 aliphatic heterocycles. The molecule has 0 N–H and O–H groups in total. The highest BCUT2D eigenvalue weighted by Gasteiger charge is 2.17. The van der Waals surface area contributed by atoms with E-state index >= 15 is 0 Å². The van der Waals surface area contributed by atoms with Crippen molar-refractivity contribution in [3.63, 3.8) is 0 Å². The van der Waals surface area contributed by atoms with Crippen molar-refractivity contribution in [1.29, 1.82) is 0 Å². The van der Waals surface area contributed by atoms with Crippen molar-refractivity contribution in [2.75, 3.05) is 13.2 Å². The fraction of sp³-hybridized carbons (Fsp3) is 0.957. The van der Waals surface area contributed by atoms with E-state index in [2.05, 4.69) is 6.92 Å². The predicted molar refractivity (Wildman–Crippen MR) is 109 cm³/mol. The molecule has 0 saturated carbocycles. The molecular formula is C23H44O3. The third-order valence-corrected chi connectivity index (χ3v) is 5.44. The summed E-state index contributed by atoms with van der Waals surface area (Å²) in [6.45, 7) is 3.56. The van der Waals surface area contributed by atoms with Crippen LogP contribution in [0.25, 0.3) is 0 Å². The second-order valence-electron chi connectivity index (χ2n) is 8.02. The predicted octanol–water partition coefficient (Wildman–Crippen LogP) is 6.97. The first-order valence-electron chi connectivity index (χ1n) is 11.6. The molecule has 0 aliphatic carbocycles. The Morgan fingerprint density at radius 2 is 1.31 bits per heavy atom. The normalized spacial score (nSPS) is 16.9. The molecule has 154 valence electrons. The maximum absolute atomic E-state index is 11.7. The molecule has 1 atom stereocenters. The molecular weight excluding hydrogens is 324 g/mol. The highest BCUT2D eigenvalue weighted by molar-refractivity contribution is 5.69. The van der Waals surface area contributed by atoms with E-state index in [0.29, 0.717) is 13.0 Å². The minimum atomic E-state index is -0.0461. The highest BCUT2D eigenvalue weighted by Crippen LogP contribution is 2.15. The Morgan fingerprint density at radius 3 is 1.77 bits per heavy atom. The lowest BCUT2D eigenvalue weighted by Crippen LogP contribution is -2.17. The van der Waals surface area contributed by atoms with Gasteiger partial charge in [-0.15, -0.1) is 0 Å². The topological polar surface area (TPSA) is 35.5 Å². The molecule has 0 radical (unpaired) electrons. The van der Waals surface area contributed by atoms with Gasteiger partial charge in [0.1, 0.15) is 6.61 Å². The molecule has 0 aromatic heterocycles. The van der Waals surface area contributed by atoms with Crippen LogP contribution in [0.5, 0.6) is 0 Å². The quantitative estimate of drug-likeness (QED) is 0.193. The van der Waals surface area contributed by atoms with Crippen LogP contribution < -0.4 is 0 Å². The summed E-state index contributed by atoms with van der Waals surface area (Å²) in [5.74, 6) is -0.0461. The van der Waals surface area contributed by atoms with Crippen LogP contribution in [0.15, 0.2) is 0 Å². The van der Waals surface area contributed by atoms with E-state index in [1.807, 2.05) is 0 Å². The van der Waals surface area contributed by atoms with Crippen LogP contribution in [0.4, 0.5) is 0 Å². The van der Waals surface area contributed by atoms with E-state index in [9.17, 15) is 4.79 Å². The summed E-state index contributed by atoms with van der Waals surface area (Å²) in [4.78, 5) is 11.7. The Kier molecular flexibility index (Phi) is 16.1. The lowest BCUT2D eigenvalue weighted by atomic mass is 10.0. The zero-order valence-electron chi connectivity index (χ0n) is 17.4. The maximum Gasteiger partial charge on any atom is 0.305 e. The zero-order chi connectivity index (χ0) is 18.7. The number of rotatable bonds is 18. The van der Waals surface area contributed by atoms with Gasteiger partial charge in [0, 0.05) is 13.0 Å². The molecule has 1 fully saturated rings. The van der Waals surface area contributed by atoms with E-state index < -0.39 is 0 Å². The smallest absolute Gasteiger partial charge is 0.305 e. The number of unbranched alkanes of at least 4 members (excludes halogenated alkanes) is 14. The fourth-order valence-electron chi connectivity index (χ4n) is 3.67. The van der Waals surface area contributed by atoms with Gasteiger partial charge < -0.3 is 9.47 Å². The number of hydrogen-bond acceptors (Lipinski definition) is 3. The molecule has 1 aliphatic rings. The Hall–Kier alpha value is -0.570. The molecule has 0 aromatic rings. The van der Waals surface area contributed by atoms with Gasteiger partial charge in [0.25, 0.3) is 0 Å². The molecule has 3 heteroatoms. The molecule has 0 bridgehead atoms. The first-order valence-corrected chi connectivity index (χ1v) is 11.6. The van der Waals surface area contributed by atoms with E-state index in [1.54, 1.807) is 0 Å². The van der Waals surface area contributed by atoms with Gasteiger partial charge in [-0.3, -0.25) is 4.79 Å². The second kappa shape index (κ2) is 17.8. The lowest BCUT2D eigenvalue weighted by Gasteiger charge is -2.10. The molecule has 0 spiro atoms. The van der Waals surface area contributed by atoms with Crippen LogP contribution in [0, 0.1) is 0 Å². The van der Waals surface area contributed by atoms with Gasteiger partial charge in [0.15, 0.2) is 0 Å². The third-order valence-electron chi connectivity index (χ3n) is 5.44. The number of carbonyl (C=O) groups excluding carboxylic acids is 1. The fourth-order valence-corrected chi connectivity index (χ4v) is 3.67. The summed E-state index contributed by atoms with van der Waals surface area (Å²) in [5.41, 5.74) is 0. The van der Waals surface area contributed by atoms with Gasteiger partial charge in [-0.05, 0) is 19.3 Å². The SMILES string of the molecule is CCCCCCCCCCCCCCCCCC(=O)OCC1CCCO1. The Balaban J connectivity index is 1.70. The van der Waals surface area contributed by atoms with Gasteiger partial charge in [-0.1, -0.05) is 96.8 Å². The molecule has 0 amide bonds. The summed E-state index contributed by atoms with van der Waals surface area (Å²) >= 11 is 0. The number of esters is 1. The van der Waals surface area contributed by atoms with Crippen LogP contribution >= 0.6 is 0 Å². The number of carbonyl (C=O) groups is 1. The minimum absolute atomic E-state index is 0.0461. The van der Waals surface area contributed by atoms with Crippen LogP contribution in [0.2, 0.25) is 0 Å². The van der Waals surface area contributed by atoms with Crippen LogP contribution in [-0.4, -0.2) is 25.3 Å². The van der Waals surface area contributed by atoms with Crippen LogP contribution in [0.3, 0.4) is 0 Å². The number of ether oxygens (including phenoxy) is 2. The second-order valence-corrected chi connectivity index (χ2v) is 8.02. The van der Waals surface area contributed by atoms with Crippen molar-refractivity contribution in [3.05, 3.63) is 0 Å². The van der Waals surface area contributed by atoms with Gasteiger partial charge in [0.2, 0.25) is 0 Å². The highest BCUT2D eigenvalue weighted by atomic mass is 16.6. The maximum atomic E-state index is 11.7. The first kappa shape index (κ1) is 23.5. The molecule has 1 heterocycles. The largest absolute Gasteiger partial charge is 0.463 e. The van der Waals surface area contributed by atoms with Crippen molar-refractivity contribution in [3.8, 4) is 0 Å². The summed E-state index contributed by atoms with van der Waals surface area (Å²) in [7, 11) is 0. The molecule has 0 aromatic carbocycles. The van der Waals surface area contributed by atoms with Crippen molar-refractivity contribution in [1.82, 2.24) is 0 Å². The van der Waals surface area contributed by atoms with E-state index in [-0.39, 0.29) is 12.1 Å². The van der Waals surface area contributed by atoms with Crippen molar-refractivity contribution < 1.29 is 14.3 Å². The number of hydrogen-bond donors (Lipinski definition) is 0. The zero-order valence-corrected chi connectivity index (χ0v) is 17.4. The van der Waals surface area contributed by atoms with Crippen molar-refractivity contribution in [2.45, 2.75) is 129 Å². The molecule has 1 saturated heterocycles. The average molecular weight is 369 g/mol. The standard InChI is InChI=1S/C23H44O3/c1-2-3-4-5-6-7-8-9-10-11-12-13-14-15-16-19-23(24)26-21-22-18-17-20-25-22/h22H,2-21H2,1H3. The van der Waals surface area contributed by atoms with Gasteiger partial charge >= 0.3 is 5.97 Å². The Bertz CT molecular complexity index is 311. The summed E-state index contributed by atoms with van der Waals surface area (Å²) in [5, 5.41) is 0. The van der Waals surface area contributed by atoms with Gasteiger partial charge in [-0.2, -0.15) is 0 Å². The van der Waals surface area contributed by atoms with E-state index in [0.717, 1.165) is 32.3 Å². The van der Waals surface area contributed by atoms with E-state index in [1.165, 1.54) is 83.5 Å². The molecule has 1 unspecified atom stereocenters. The molecule has 26 heavy (non-hydrogen) atoms. The van der Waals surface area contributed by atoms with Gasteiger partial charge in [-0.25, -0.2) is 0 Å². The third kappa shape index (κ3) is 14.6. The lowest BCUT2D eigenvalue weighted by molar-refractivity contribution is -0.147. The van der Waals surface area contributed by atoms with Crippen LogP contribution in [0.1, 0.15) is 122 Å². The monoisotopic (exact) mass is 368 g/mol. The first-order chi connectivity index (χ1) is 12.8. The average Bonchev–Trinajstić information content (AvgIpc) is 3.17. The minimum Gasteiger partial charge on any atom is -0.463 e. The van der Waals surface area contributed by atoms with Gasteiger partial charge in [0.05, 0.1) is 6.10 Å². The summed E-state index contributed by atoms with van der Waals surface area (Å²) in [6, 6.07) is 0. The molecule has 3 nitrogen and oxygen atoms in total. The summed E-state index contributed by atoms with van der Waals surface area (Å²) < 4.78 is 10.7. The molecule has 1 rings (SSSR count). The van der Waals surface area contributed by atoms with Crippen molar-refractivity contribution >= 4 is 5.97 Å². The van der Waals surface area contributed by atoms with Crippen molar-refractivity contribution in [2.24, 2.45) is 0 Å². The summed E-state index contributed by atoms with van der Waals surface area (Å²) in [6.07, 6.45) is 23.1. The Morgan fingerprint density at radius 1 is 0.808 bits per heavy atom. The van der Waals surface area contributed by atoms with Crippen LogP contribution in [-0.2, 0) is 14.3 Å².